The van der Waals surface area contributed by atoms with E-state index in [2.05, 4.69) is 15.4 Å². The van der Waals surface area contributed by atoms with Crippen molar-refractivity contribution in [3.8, 4) is 5.75 Å². The fourth-order valence-electron chi connectivity index (χ4n) is 2.60. The minimum absolute atomic E-state index is 0.134. The number of nitrogens with zero attached hydrogens (tertiary/aromatic N) is 3. The molecule has 130 valence electrons. The average Bonchev–Trinajstić information content (AvgIpc) is 2.95. The molecule has 6 nitrogen and oxygen atoms in total. The van der Waals surface area contributed by atoms with Crippen LogP contribution in [-0.2, 0) is 0 Å². The Bertz CT molecular complexity index is 855. The molecule has 0 spiro atoms. The fourth-order valence-corrected chi connectivity index (χ4v) is 2.60. The Morgan fingerprint density at radius 3 is 2.80 bits per heavy atom. The third-order valence-electron chi connectivity index (χ3n) is 3.94. The third-order valence-corrected chi connectivity index (χ3v) is 3.94. The van der Waals surface area contributed by atoms with Crippen LogP contribution in [0.2, 0.25) is 0 Å². The van der Waals surface area contributed by atoms with E-state index in [1.54, 1.807) is 23.0 Å². The lowest BCUT2D eigenvalue weighted by atomic mass is 10.2. The van der Waals surface area contributed by atoms with Gasteiger partial charge in [-0.1, -0.05) is 17.7 Å². The Morgan fingerprint density at radius 2 is 2.00 bits per heavy atom. The number of carbonyl (C=O) groups is 1. The first-order chi connectivity index (χ1) is 12.1. The zero-order valence-corrected chi connectivity index (χ0v) is 14.5. The van der Waals surface area contributed by atoms with E-state index in [-0.39, 0.29) is 5.91 Å². The van der Waals surface area contributed by atoms with Gasteiger partial charge in [0.1, 0.15) is 11.3 Å². The van der Waals surface area contributed by atoms with Gasteiger partial charge in [0, 0.05) is 18.9 Å². The molecule has 2 heterocycles. The second-order valence-corrected chi connectivity index (χ2v) is 5.97. The lowest BCUT2D eigenvalue weighted by molar-refractivity contribution is 0.0953. The number of nitrogens with one attached hydrogen (secondary N) is 1. The van der Waals surface area contributed by atoms with Gasteiger partial charge in [-0.05, 0) is 44.9 Å². The second-order valence-electron chi connectivity index (χ2n) is 5.97. The van der Waals surface area contributed by atoms with Gasteiger partial charge in [-0.3, -0.25) is 4.79 Å². The normalized spacial score (nSPS) is 10.8. The maximum Gasteiger partial charge on any atom is 0.257 e. The molecule has 0 aliphatic rings. The molecular weight excluding hydrogens is 316 g/mol. The summed E-state index contributed by atoms with van der Waals surface area (Å²) >= 11 is 0. The van der Waals surface area contributed by atoms with Crippen molar-refractivity contribution in [2.24, 2.45) is 0 Å². The lowest BCUT2D eigenvalue weighted by Gasteiger charge is -2.07. The highest BCUT2D eigenvalue weighted by Gasteiger charge is 2.17. The molecule has 0 saturated heterocycles. The molecule has 0 fully saturated rings. The van der Waals surface area contributed by atoms with Crippen molar-refractivity contribution in [3.05, 3.63) is 59.5 Å². The lowest BCUT2D eigenvalue weighted by Crippen LogP contribution is -2.25. The van der Waals surface area contributed by atoms with Crippen molar-refractivity contribution in [2.75, 3.05) is 13.2 Å². The molecule has 25 heavy (non-hydrogen) atoms. The molecule has 3 rings (SSSR count). The molecule has 2 aromatic heterocycles. The topological polar surface area (TPSA) is 68.5 Å². The summed E-state index contributed by atoms with van der Waals surface area (Å²) in [5, 5.41) is 7.24. The van der Waals surface area contributed by atoms with Crippen LogP contribution in [0.1, 0.15) is 34.5 Å². The number of aryl methyl sites for hydroxylation is 2. The minimum Gasteiger partial charge on any atom is -0.494 e. The minimum atomic E-state index is -0.134. The molecule has 1 N–H and O–H groups in total. The Hall–Kier alpha value is -2.89. The van der Waals surface area contributed by atoms with Crippen LogP contribution in [0.25, 0.3) is 5.65 Å². The highest BCUT2D eigenvalue weighted by molar-refractivity contribution is 6.00. The van der Waals surface area contributed by atoms with E-state index in [9.17, 15) is 4.79 Å². The highest BCUT2D eigenvalue weighted by Crippen LogP contribution is 2.13. The summed E-state index contributed by atoms with van der Waals surface area (Å²) in [6, 6.07) is 9.79. The molecule has 0 saturated carbocycles. The van der Waals surface area contributed by atoms with E-state index in [0.29, 0.717) is 30.1 Å². The Morgan fingerprint density at radius 1 is 1.20 bits per heavy atom. The first kappa shape index (κ1) is 17.0. The fraction of sp³-hybridized carbons (Fsp3) is 0.316. The number of benzene rings is 1. The van der Waals surface area contributed by atoms with Crippen molar-refractivity contribution in [3.63, 3.8) is 0 Å². The number of carbonyl (C=O) groups excluding carboxylic acids is 1. The molecule has 1 aromatic carbocycles. The monoisotopic (exact) mass is 338 g/mol. The number of hydrogen-bond acceptors (Lipinski definition) is 4. The second kappa shape index (κ2) is 7.79. The molecule has 0 aliphatic heterocycles. The van der Waals surface area contributed by atoms with Gasteiger partial charge in [-0.25, -0.2) is 9.50 Å². The predicted molar refractivity (Wildman–Crippen MR) is 96.0 cm³/mol. The van der Waals surface area contributed by atoms with Crippen molar-refractivity contribution in [2.45, 2.75) is 26.7 Å². The van der Waals surface area contributed by atoms with Gasteiger partial charge < -0.3 is 10.1 Å². The van der Waals surface area contributed by atoms with E-state index < -0.39 is 0 Å². The van der Waals surface area contributed by atoms with E-state index in [4.69, 9.17) is 4.74 Å². The molecule has 0 aliphatic carbocycles. The summed E-state index contributed by atoms with van der Waals surface area (Å²) in [6.07, 6.45) is 5.17. The Labute approximate surface area is 146 Å². The van der Waals surface area contributed by atoms with Crippen LogP contribution in [0.4, 0.5) is 0 Å². The van der Waals surface area contributed by atoms with E-state index in [0.717, 1.165) is 18.6 Å². The summed E-state index contributed by atoms with van der Waals surface area (Å²) in [5.74, 6) is 0.744. The molecule has 6 heteroatoms. The van der Waals surface area contributed by atoms with Gasteiger partial charge >= 0.3 is 0 Å². The molecule has 0 unspecified atom stereocenters. The highest BCUT2D eigenvalue weighted by atomic mass is 16.5. The van der Waals surface area contributed by atoms with Gasteiger partial charge in [-0.15, -0.1) is 0 Å². The maximum atomic E-state index is 12.4. The van der Waals surface area contributed by atoms with E-state index >= 15 is 0 Å². The SMILES string of the molecule is Cc1ccc(OCCCCNC(=O)c2c(C)nn3cccnc23)cc1. The van der Waals surface area contributed by atoms with Gasteiger partial charge in [-0.2, -0.15) is 5.10 Å². The maximum absolute atomic E-state index is 12.4. The first-order valence-electron chi connectivity index (χ1n) is 8.43. The summed E-state index contributed by atoms with van der Waals surface area (Å²) in [7, 11) is 0. The average molecular weight is 338 g/mol. The third kappa shape index (κ3) is 4.15. The van der Waals surface area contributed by atoms with Gasteiger partial charge in [0.25, 0.3) is 5.91 Å². The molecule has 1 amide bonds. The van der Waals surface area contributed by atoms with Crippen LogP contribution < -0.4 is 10.1 Å². The van der Waals surface area contributed by atoms with Crippen LogP contribution in [0, 0.1) is 13.8 Å². The van der Waals surface area contributed by atoms with Crippen molar-refractivity contribution in [1.29, 1.82) is 0 Å². The first-order valence-corrected chi connectivity index (χ1v) is 8.43. The van der Waals surface area contributed by atoms with Crippen molar-refractivity contribution < 1.29 is 9.53 Å². The smallest absolute Gasteiger partial charge is 0.257 e. The van der Waals surface area contributed by atoms with Crippen LogP contribution in [-0.4, -0.2) is 33.7 Å². The van der Waals surface area contributed by atoms with Gasteiger partial charge in [0.2, 0.25) is 0 Å². The number of amides is 1. The number of hydrogen-bond donors (Lipinski definition) is 1. The number of unbranched alkanes of at least 4 members (excludes halogenated alkanes) is 1. The standard InChI is InChI=1S/C19H22N4O2/c1-14-6-8-16(9-7-14)25-13-4-3-10-21-19(24)17-15(2)22-23-12-5-11-20-18(17)23/h5-9,11-12H,3-4,10,13H2,1-2H3,(H,21,24). The molecule has 3 aromatic rings. The Balaban J connectivity index is 1.43. The van der Waals surface area contributed by atoms with Gasteiger partial charge in [0.15, 0.2) is 5.65 Å². The number of ether oxygens (including phenoxy) is 1. The number of rotatable bonds is 7. The molecule has 0 bridgehead atoms. The summed E-state index contributed by atoms with van der Waals surface area (Å²) in [4.78, 5) is 16.6. The summed E-state index contributed by atoms with van der Waals surface area (Å²) in [5.41, 5.74) is 3.02. The molecular formula is C19H22N4O2. The van der Waals surface area contributed by atoms with Crippen molar-refractivity contribution in [1.82, 2.24) is 19.9 Å². The zero-order valence-electron chi connectivity index (χ0n) is 14.5. The number of fused-ring (bicyclic) bond motifs is 1. The van der Waals surface area contributed by atoms with Crippen molar-refractivity contribution >= 4 is 11.6 Å². The van der Waals surface area contributed by atoms with Crippen LogP contribution >= 0.6 is 0 Å². The molecule has 0 atom stereocenters. The molecule has 0 radical (unpaired) electrons. The summed E-state index contributed by atoms with van der Waals surface area (Å²) < 4.78 is 7.31. The van der Waals surface area contributed by atoms with Gasteiger partial charge in [0.05, 0.1) is 12.3 Å². The Kier molecular flexibility index (Phi) is 5.28. The predicted octanol–water partition coefficient (Wildman–Crippen LogP) is 2.94. The summed E-state index contributed by atoms with van der Waals surface area (Å²) in [6.45, 7) is 5.10. The largest absolute Gasteiger partial charge is 0.494 e. The van der Waals surface area contributed by atoms with E-state index in [1.807, 2.05) is 38.1 Å². The van der Waals surface area contributed by atoms with Crippen LogP contribution in [0.3, 0.4) is 0 Å². The van der Waals surface area contributed by atoms with E-state index in [1.165, 1.54) is 5.56 Å². The zero-order chi connectivity index (χ0) is 17.6. The van der Waals surface area contributed by atoms with Crippen LogP contribution in [0.5, 0.6) is 5.75 Å². The van der Waals surface area contributed by atoms with Crippen LogP contribution in [0.15, 0.2) is 42.7 Å². The quantitative estimate of drug-likeness (QED) is 0.673. The number of aromatic nitrogens is 3.